The van der Waals surface area contributed by atoms with Crippen LogP contribution in [0.5, 0.6) is 0 Å². The monoisotopic (exact) mass is 337 g/mol. The third-order valence-electron chi connectivity index (χ3n) is 3.63. The van der Waals surface area contributed by atoms with Gasteiger partial charge in [-0.3, -0.25) is 10.1 Å². The average molecular weight is 337 g/mol. The topological polar surface area (TPSA) is 38.3 Å². The molecule has 0 unspecified atom stereocenters. The minimum atomic E-state index is -4.43. The highest BCUT2D eigenvalue weighted by molar-refractivity contribution is 5.78. The smallest absolute Gasteiger partial charge is 0.401 e. The first-order valence-corrected chi connectivity index (χ1v) is 7.40. The van der Waals surface area contributed by atoms with Crippen molar-refractivity contribution in [1.82, 2.24) is 5.32 Å². The number of hydrogen-bond acceptors (Lipinski definition) is 3. The van der Waals surface area contributed by atoms with Crippen LogP contribution in [0.1, 0.15) is 17.0 Å². The zero-order chi connectivity index (χ0) is 17.6. The molecule has 1 N–H and O–H groups in total. The van der Waals surface area contributed by atoms with Crippen molar-refractivity contribution in [2.75, 3.05) is 13.7 Å². The minimum Gasteiger partial charge on any atom is -0.468 e. The fourth-order valence-corrected chi connectivity index (χ4v) is 2.59. The summed E-state index contributed by atoms with van der Waals surface area (Å²) in [5, 5.41) is 2.31. The van der Waals surface area contributed by atoms with Gasteiger partial charge in [0.2, 0.25) is 0 Å². The van der Waals surface area contributed by atoms with E-state index in [4.69, 9.17) is 4.74 Å². The number of esters is 1. The molecule has 24 heavy (non-hydrogen) atoms. The maximum Gasteiger partial charge on any atom is 0.401 e. The van der Waals surface area contributed by atoms with E-state index < -0.39 is 30.7 Å². The third-order valence-corrected chi connectivity index (χ3v) is 3.63. The molecule has 0 aliphatic carbocycles. The Hall–Kier alpha value is -2.34. The summed E-state index contributed by atoms with van der Waals surface area (Å²) >= 11 is 0. The number of nitrogens with one attached hydrogen (secondary N) is 1. The first-order chi connectivity index (χ1) is 11.4. The van der Waals surface area contributed by atoms with Crippen LogP contribution < -0.4 is 5.32 Å². The SMILES string of the molecule is COC(=O)[C@@H](NCC(F)(F)F)C(c1ccccc1)c1ccccc1. The maximum absolute atomic E-state index is 12.6. The van der Waals surface area contributed by atoms with E-state index in [9.17, 15) is 18.0 Å². The van der Waals surface area contributed by atoms with Gasteiger partial charge in [-0.1, -0.05) is 60.7 Å². The predicted octanol–water partition coefficient (Wildman–Crippen LogP) is 3.51. The Bertz CT molecular complexity index is 605. The van der Waals surface area contributed by atoms with E-state index in [-0.39, 0.29) is 0 Å². The molecule has 2 rings (SSSR count). The summed E-state index contributed by atoms with van der Waals surface area (Å²) in [7, 11) is 1.16. The van der Waals surface area contributed by atoms with Crippen molar-refractivity contribution in [2.45, 2.75) is 18.1 Å². The first-order valence-electron chi connectivity index (χ1n) is 7.40. The van der Waals surface area contributed by atoms with Crippen molar-refractivity contribution in [3.05, 3.63) is 71.8 Å². The van der Waals surface area contributed by atoms with Gasteiger partial charge in [0.05, 0.1) is 13.7 Å². The number of carbonyl (C=O) groups is 1. The van der Waals surface area contributed by atoms with Gasteiger partial charge in [0.1, 0.15) is 6.04 Å². The van der Waals surface area contributed by atoms with Crippen LogP contribution in [0.4, 0.5) is 13.2 Å². The summed E-state index contributed by atoms with van der Waals surface area (Å²) < 4.78 is 42.6. The van der Waals surface area contributed by atoms with Crippen molar-refractivity contribution >= 4 is 5.97 Å². The number of benzene rings is 2. The van der Waals surface area contributed by atoms with Gasteiger partial charge >= 0.3 is 12.1 Å². The van der Waals surface area contributed by atoms with E-state index in [1.54, 1.807) is 48.5 Å². The molecule has 0 bridgehead atoms. The summed E-state index contributed by atoms with van der Waals surface area (Å²) in [6.45, 7) is -1.27. The summed E-state index contributed by atoms with van der Waals surface area (Å²) in [6.07, 6.45) is -4.43. The molecule has 0 saturated carbocycles. The van der Waals surface area contributed by atoms with E-state index in [1.807, 2.05) is 12.1 Å². The van der Waals surface area contributed by atoms with E-state index in [2.05, 4.69) is 5.32 Å². The average Bonchev–Trinajstić information content (AvgIpc) is 2.58. The number of methoxy groups -OCH3 is 1. The number of hydrogen-bond donors (Lipinski definition) is 1. The Morgan fingerprint density at radius 1 is 1.00 bits per heavy atom. The second-order valence-electron chi connectivity index (χ2n) is 5.30. The van der Waals surface area contributed by atoms with Crippen molar-refractivity contribution in [2.24, 2.45) is 0 Å². The lowest BCUT2D eigenvalue weighted by Crippen LogP contribution is -2.46. The minimum absolute atomic E-state index is 0.595. The second kappa shape index (κ2) is 7.97. The molecular formula is C18H18F3NO2. The number of alkyl halides is 3. The number of halogens is 3. The van der Waals surface area contributed by atoms with Crippen molar-refractivity contribution in [3.63, 3.8) is 0 Å². The second-order valence-corrected chi connectivity index (χ2v) is 5.30. The summed E-state index contributed by atoms with van der Waals surface area (Å²) in [4.78, 5) is 12.2. The lowest BCUT2D eigenvalue weighted by molar-refractivity contribution is -0.147. The Labute approximate surface area is 138 Å². The Morgan fingerprint density at radius 3 is 1.83 bits per heavy atom. The van der Waals surface area contributed by atoms with E-state index in [0.717, 1.165) is 18.2 Å². The van der Waals surface area contributed by atoms with Crippen LogP contribution in [0.2, 0.25) is 0 Å². The van der Waals surface area contributed by atoms with Crippen LogP contribution in [-0.4, -0.2) is 31.8 Å². The Kier molecular flexibility index (Phi) is 5.98. The van der Waals surface area contributed by atoms with E-state index in [1.165, 1.54) is 0 Å². The molecule has 2 aromatic carbocycles. The molecule has 0 aromatic heterocycles. The summed E-state index contributed by atoms with van der Waals surface area (Å²) in [5.41, 5.74) is 1.46. The molecule has 3 nitrogen and oxygen atoms in total. The van der Waals surface area contributed by atoms with Gasteiger partial charge in [0, 0.05) is 5.92 Å². The fourth-order valence-electron chi connectivity index (χ4n) is 2.59. The normalized spacial score (nSPS) is 12.9. The van der Waals surface area contributed by atoms with Gasteiger partial charge in [-0.15, -0.1) is 0 Å². The zero-order valence-corrected chi connectivity index (χ0v) is 13.1. The van der Waals surface area contributed by atoms with Crippen molar-refractivity contribution in [3.8, 4) is 0 Å². The van der Waals surface area contributed by atoms with Crippen LogP contribution in [0, 0.1) is 0 Å². The quantitative estimate of drug-likeness (QED) is 0.820. The number of carbonyl (C=O) groups excluding carboxylic acids is 1. The lowest BCUT2D eigenvalue weighted by Gasteiger charge is -2.27. The Morgan fingerprint density at radius 2 is 1.46 bits per heavy atom. The molecule has 0 aliphatic heterocycles. The molecular weight excluding hydrogens is 319 g/mol. The highest BCUT2D eigenvalue weighted by Crippen LogP contribution is 2.29. The van der Waals surface area contributed by atoms with Gasteiger partial charge in [-0.25, -0.2) is 0 Å². The molecule has 0 fully saturated rings. The zero-order valence-electron chi connectivity index (χ0n) is 13.1. The Balaban J connectivity index is 2.43. The van der Waals surface area contributed by atoms with Gasteiger partial charge in [-0.05, 0) is 11.1 Å². The standard InChI is InChI=1S/C18H18F3NO2/c1-24-17(23)16(22-12-18(19,20)21)15(13-8-4-2-5-9-13)14-10-6-3-7-11-14/h2-11,15-16,22H,12H2,1H3/t16-/m0/s1. The largest absolute Gasteiger partial charge is 0.468 e. The van der Waals surface area contributed by atoms with E-state index >= 15 is 0 Å². The molecule has 1 atom stereocenters. The first kappa shape index (κ1) is 18.0. The van der Waals surface area contributed by atoms with Crippen LogP contribution in [0.25, 0.3) is 0 Å². The van der Waals surface area contributed by atoms with Gasteiger partial charge in [0.15, 0.2) is 0 Å². The highest BCUT2D eigenvalue weighted by atomic mass is 19.4. The van der Waals surface area contributed by atoms with Gasteiger partial charge in [0.25, 0.3) is 0 Å². The fraction of sp³-hybridized carbons (Fsp3) is 0.278. The van der Waals surface area contributed by atoms with Crippen molar-refractivity contribution < 1.29 is 22.7 Å². The molecule has 0 radical (unpaired) electrons. The van der Waals surface area contributed by atoms with Crippen LogP contribution in [0.3, 0.4) is 0 Å². The van der Waals surface area contributed by atoms with Gasteiger partial charge < -0.3 is 4.74 Å². The summed E-state index contributed by atoms with van der Waals surface area (Å²) in [6, 6.07) is 16.7. The van der Waals surface area contributed by atoms with Crippen LogP contribution in [0.15, 0.2) is 60.7 Å². The molecule has 6 heteroatoms. The molecule has 0 amide bonds. The van der Waals surface area contributed by atoms with Crippen LogP contribution >= 0.6 is 0 Å². The summed E-state index contributed by atoms with van der Waals surface area (Å²) in [5.74, 6) is -1.33. The van der Waals surface area contributed by atoms with Gasteiger partial charge in [-0.2, -0.15) is 13.2 Å². The third kappa shape index (κ3) is 4.83. The maximum atomic E-state index is 12.6. The van der Waals surface area contributed by atoms with E-state index in [0.29, 0.717) is 0 Å². The lowest BCUT2D eigenvalue weighted by atomic mass is 9.85. The van der Waals surface area contributed by atoms with Crippen LogP contribution in [-0.2, 0) is 9.53 Å². The number of ether oxygens (including phenoxy) is 1. The number of rotatable bonds is 6. The van der Waals surface area contributed by atoms with Crippen molar-refractivity contribution in [1.29, 1.82) is 0 Å². The molecule has 0 spiro atoms. The highest BCUT2D eigenvalue weighted by Gasteiger charge is 2.36. The molecule has 0 saturated heterocycles. The molecule has 2 aromatic rings. The molecule has 0 heterocycles. The molecule has 0 aliphatic rings. The predicted molar refractivity (Wildman–Crippen MR) is 84.6 cm³/mol. The molecule has 128 valence electrons.